The lowest BCUT2D eigenvalue weighted by atomic mass is 9.73. The second-order valence-electron chi connectivity index (χ2n) is 32.9. The van der Waals surface area contributed by atoms with Gasteiger partial charge in [0, 0.05) is 124 Å². The van der Waals surface area contributed by atoms with Crippen LogP contribution in [0.2, 0.25) is 50.2 Å². The van der Waals surface area contributed by atoms with E-state index in [0.717, 1.165) is 73.9 Å². The van der Waals surface area contributed by atoms with E-state index in [-0.39, 0.29) is 57.0 Å². The molecule has 16 rings (SSSR count). The van der Waals surface area contributed by atoms with Gasteiger partial charge in [-0.3, -0.25) is 38.3 Å². The number of carbonyl (C=O) groups is 6. The Labute approximate surface area is 741 Å². The molecule has 1 saturated carbocycles. The molecule has 0 bridgehead atoms. The number of hydrogen-bond acceptors (Lipinski definition) is 17. The number of hydrogen-bond donors (Lipinski definition) is 9. The Bertz CT molecular complexity index is 5770. The summed E-state index contributed by atoms with van der Waals surface area (Å²) in [7, 11) is 0. The second-order valence-corrected chi connectivity index (χ2v) is 37.2. The van der Waals surface area contributed by atoms with Crippen LogP contribution in [0.5, 0.6) is 0 Å². The van der Waals surface area contributed by atoms with E-state index in [4.69, 9.17) is 155 Å². The normalized spacial score (nSPS) is 17.7. The Hall–Kier alpha value is -9.54. The van der Waals surface area contributed by atoms with Gasteiger partial charge in [-0.15, -0.1) is 0 Å². The number of nitrogen functional groups attached to an aromatic ring is 5. The Balaban J connectivity index is 0.000000154. The summed E-state index contributed by atoms with van der Waals surface area (Å²) in [6, 6.07) is 47.5. The molecule has 0 spiro atoms. The van der Waals surface area contributed by atoms with Gasteiger partial charge in [-0.25, -0.2) is 4.98 Å². The highest BCUT2D eigenvalue weighted by Crippen LogP contribution is 2.53. The van der Waals surface area contributed by atoms with E-state index in [1.165, 1.54) is 6.07 Å². The maximum absolute atomic E-state index is 13.9. The van der Waals surface area contributed by atoms with Gasteiger partial charge in [-0.05, 0) is 173 Å². The number of nitrogens with one attached hydrogen (secondary N) is 4. The van der Waals surface area contributed by atoms with Crippen molar-refractivity contribution < 1.29 is 28.8 Å². The Kier molecular flexibility index (Phi) is 28.5. The van der Waals surface area contributed by atoms with E-state index in [9.17, 15) is 28.8 Å². The molecule has 1 aromatic heterocycles. The number of carbonyl (C=O) groups excluding carboxylic acids is 6. The molecule has 618 valence electrons. The summed E-state index contributed by atoms with van der Waals surface area (Å²) >= 11 is 62.1. The van der Waals surface area contributed by atoms with Gasteiger partial charge in [0.15, 0.2) is 23.6 Å². The number of aromatic nitrogens is 2. The van der Waals surface area contributed by atoms with E-state index in [1.54, 1.807) is 109 Å². The van der Waals surface area contributed by atoms with Crippen LogP contribution in [0.3, 0.4) is 0 Å². The fourth-order valence-electron chi connectivity index (χ4n) is 15.1. The minimum absolute atomic E-state index is 0.0214. The first kappa shape index (κ1) is 90.2. The van der Waals surface area contributed by atoms with Crippen LogP contribution in [0.4, 0.5) is 56.9 Å². The summed E-state index contributed by atoms with van der Waals surface area (Å²) in [6.45, 7) is 16.5. The third-order valence-electron chi connectivity index (χ3n) is 20.4. The summed E-state index contributed by atoms with van der Waals surface area (Å²) in [5, 5.41) is 19.1. The van der Waals surface area contributed by atoms with E-state index in [2.05, 4.69) is 67.4 Å². The van der Waals surface area contributed by atoms with Crippen molar-refractivity contribution in [1.82, 2.24) is 9.55 Å². The number of nitrogens with two attached hydrogens (primary N) is 5. The Morgan fingerprint density at radius 3 is 1.47 bits per heavy atom. The molecular weight excluding hydrogens is 1710 g/mol. The molecule has 1 fully saturated rings. The van der Waals surface area contributed by atoms with Crippen molar-refractivity contribution in [3.8, 4) is 11.4 Å². The molecule has 4 aliphatic carbocycles. The maximum Gasteiger partial charge on any atom is 0.163 e. The number of rotatable bonds is 8. The van der Waals surface area contributed by atoms with Gasteiger partial charge in [-0.1, -0.05) is 214 Å². The van der Waals surface area contributed by atoms with Crippen molar-refractivity contribution in [3.63, 3.8) is 0 Å². The molecule has 9 aromatic carbocycles. The van der Waals surface area contributed by atoms with Crippen LogP contribution in [0.1, 0.15) is 152 Å². The number of fused-ring (bicyclic) bond motifs is 2. The minimum atomic E-state index is -0.451. The number of benzene rings is 9. The molecule has 2 unspecified atom stereocenters. The molecule has 119 heavy (non-hydrogen) atoms. The molecule has 18 nitrogen and oxygen atoms in total. The summed E-state index contributed by atoms with van der Waals surface area (Å²) in [4.78, 5) is 80.7. The first-order valence-electron chi connectivity index (χ1n) is 37.9. The van der Waals surface area contributed by atoms with Crippen molar-refractivity contribution in [2.45, 2.75) is 125 Å². The minimum Gasteiger partial charge on any atom is -0.397 e. The smallest absolute Gasteiger partial charge is 0.163 e. The summed E-state index contributed by atoms with van der Waals surface area (Å²) < 4.78 is 2.10. The molecule has 6 aliphatic rings. The topological polar surface area (TPSA) is 311 Å². The monoisotopic (exact) mass is 1790 g/mol. The molecule has 0 radical (unpaired) electrons. The second kappa shape index (κ2) is 37.6. The van der Waals surface area contributed by atoms with Crippen LogP contribution in [-0.2, 0) is 24.0 Å². The fraction of sp³-hybridized carbons (Fsp3) is 0.253. The van der Waals surface area contributed by atoms with Crippen LogP contribution in [0.15, 0.2) is 197 Å². The number of para-hydroxylation sites is 4. The van der Waals surface area contributed by atoms with Gasteiger partial charge in [-0.2, -0.15) is 0 Å². The number of halogens is 10. The first-order chi connectivity index (χ1) is 56.1. The molecule has 0 amide bonds. The van der Waals surface area contributed by atoms with Crippen molar-refractivity contribution in [3.05, 3.63) is 265 Å². The zero-order valence-electron chi connectivity index (χ0n) is 66.3. The Morgan fingerprint density at radius 1 is 0.479 bits per heavy atom. The zero-order chi connectivity index (χ0) is 86.5. The molecule has 10 aromatic rings. The van der Waals surface area contributed by atoms with Crippen molar-refractivity contribution in [2.75, 3.05) is 49.9 Å². The van der Waals surface area contributed by atoms with Crippen LogP contribution in [0.25, 0.3) is 28.1 Å². The van der Waals surface area contributed by atoms with Crippen LogP contribution < -0.4 is 49.9 Å². The number of ketones is 5. The lowest BCUT2D eigenvalue weighted by molar-refractivity contribution is -0.133. The predicted octanol–water partition coefficient (Wildman–Crippen LogP) is 25.5. The lowest BCUT2D eigenvalue weighted by Gasteiger charge is -2.35. The molecular formula is C91H88Cl10N12O6. The predicted molar refractivity (Wildman–Crippen MR) is 495 cm³/mol. The average molecular weight is 1800 g/mol. The van der Waals surface area contributed by atoms with Gasteiger partial charge in [0.2, 0.25) is 0 Å². The summed E-state index contributed by atoms with van der Waals surface area (Å²) in [5.74, 6) is 1.17. The number of imidazole rings is 1. The van der Waals surface area contributed by atoms with Gasteiger partial charge in [0.25, 0.3) is 0 Å². The average Bonchev–Trinajstić information content (AvgIpc) is 1.56. The number of aldehydes is 1. The van der Waals surface area contributed by atoms with Crippen molar-refractivity contribution in [1.29, 1.82) is 0 Å². The van der Waals surface area contributed by atoms with Gasteiger partial charge in [0.05, 0.1) is 101 Å². The van der Waals surface area contributed by atoms with Crippen molar-refractivity contribution in [2.24, 2.45) is 26.7 Å². The van der Waals surface area contributed by atoms with Crippen LogP contribution in [0, 0.1) is 21.7 Å². The van der Waals surface area contributed by atoms with Gasteiger partial charge in [0.1, 0.15) is 17.4 Å². The lowest BCUT2D eigenvalue weighted by Crippen LogP contribution is -2.31. The van der Waals surface area contributed by atoms with Gasteiger partial charge < -0.3 is 49.9 Å². The highest BCUT2D eigenvalue weighted by molar-refractivity contribution is 6.38. The number of aliphatic imine (C=N–C) groups is 1. The number of allylic oxidation sites excluding steroid dienone is 4. The largest absolute Gasteiger partial charge is 0.397 e. The summed E-state index contributed by atoms with van der Waals surface area (Å²) in [5.41, 5.74) is 43.3. The molecule has 0 saturated heterocycles. The van der Waals surface area contributed by atoms with E-state index < -0.39 is 12.1 Å². The van der Waals surface area contributed by atoms with E-state index in [1.807, 2.05) is 74.5 Å². The van der Waals surface area contributed by atoms with E-state index in [0.29, 0.717) is 164 Å². The first-order valence-corrected chi connectivity index (χ1v) is 41.6. The third kappa shape index (κ3) is 22.4. The number of nitrogens with zero attached hydrogens (tertiary/aromatic N) is 3. The highest BCUT2D eigenvalue weighted by atomic mass is 35.5. The van der Waals surface area contributed by atoms with Crippen LogP contribution >= 0.6 is 116 Å². The van der Waals surface area contributed by atoms with Gasteiger partial charge >= 0.3 is 0 Å². The quantitative estimate of drug-likeness (QED) is 0.0295. The number of anilines is 9. The molecule has 28 heteroatoms. The molecule has 2 aliphatic heterocycles. The number of Topliss-reactive ketones (excluding diaryl/α,β-unsaturated/α-hetero) is 4. The fourth-order valence-corrected chi connectivity index (χ4v) is 17.6. The summed E-state index contributed by atoms with van der Waals surface area (Å²) in [6.07, 6.45) is 9.02. The standard InChI is InChI=1S/C28H21Cl4N3O.C28H23Cl4N3O.C14H19N3O.C8H12O2.C7H4Cl2O.C6H9N3/c1-28(2)12-22-24(23(36)13-28)25(16-8-6-14(29)10-18(16)31)33-20-4-3-5-21-26(20)35(22)27(34-21)17-9-7-15(30)11-19(17)32;1-28(2)12-23-25(24(36)13-28)26(18-9-8-17(30)11-20(18)32)34-22-5-3-4-21(27(22)35-23)33-14-15-6-7-16(29)10-19(15)31;1-14(2)7-9(6-10(18)8-14)17-13-11(15)4-3-5-12(13)16;1-8(2)4-6(9)3-7(10)5-8;8-6-2-1-5(4-10)7(9)3-6;7-4-2-1-3-5(8)6(4)9/h3-11,25,33H,12-13H2,1-2H3;3-11,14,26,34-35H,12-13H2,1-2H3;3-6,17H,7-8,15-16H2,1-2H3;3-5H2,1-2H3;1-4H;1-3H,7-9H2. The van der Waals surface area contributed by atoms with E-state index >= 15 is 0 Å². The molecule has 3 heterocycles. The molecule has 14 N–H and O–H groups in total. The third-order valence-corrected chi connectivity index (χ3v) is 23.2. The highest BCUT2D eigenvalue weighted by Gasteiger charge is 2.43. The SMILES string of the molecule is CC1(C)CC(=O)C2=C(C1)Nc1c(N=Cc3ccc(Cl)cc3Cl)cccc1NC2c1ccc(Cl)cc1Cl.CC1(C)CC(=O)C2=C(C1)n1c(-c3ccc(Cl)cc3Cl)nc3cccc(c31)NC2c1ccc(Cl)cc1Cl.CC1(C)CC(=O)C=C(Nc2c(N)cccc2N)C1.CC1(C)CC(=O)CC(=O)C1.Nc1cccc(N)c1N.O=Cc1ccc(Cl)cc1Cl. The van der Waals surface area contributed by atoms with Crippen molar-refractivity contribution >= 4 is 231 Å². The zero-order valence-corrected chi connectivity index (χ0v) is 73.9. The van der Waals surface area contributed by atoms with Crippen LogP contribution in [-0.4, -0.2) is 51.0 Å². The maximum atomic E-state index is 13.9. The Morgan fingerprint density at radius 2 is 0.941 bits per heavy atom. The molecule has 2 atom stereocenters.